The van der Waals surface area contributed by atoms with Crippen molar-refractivity contribution in [2.75, 3.05) is 26.2 Å². The van der Waals surface area contributed by atoms with Gasteiger partial charge in [-0.25, -0.2) is 8.78 Å². The summed E-state index contributed by atoms with van der Waals surface area (Å²) < 4.78 is 24.5. The van der Waals surface area contributed by atoms with Gasteiger partial charge in [0.1, 0.15) is 0 Å². The molecule has 0 saturated carbocycles. The van der Waals surface area contributed by atoms with Crippen LogP contribution in [0.3, 0.4) is 0 Å². The largest absolute Gasteiger partial charge is 0.314 e. The van der Waals surface area contributed by atoms with Gasteiger partial charge in [-0.3, -0.25) is 4.90 Å². The molecule has 0 aromatic carbocycles. The Kier molecular flexibility index (Phi) is 3.92. The van der Waals surface area contributed by atoms with E-state index in [1.807, 2.05) is 4.90 Å². The normalized spacial score (nSPS) is 33.8. The van der Waals surface area contributed by atoms with Crippen LogP contribution in [0.1, 0.15) is 25.7 Å². The lowest BCUT2D eigenvalue weighted by atomic mass is 9.90. The number of hydrogen-bond donors (Lipinski definition) is 1. The van der Waals surface area contributed by atoms with Crippen molar-refractivity contribution in [1.82, 2.24) is 10.2 Å². The van der Waals surface area contributed by atoms with Gasteiger partial charge in [-0.05, 0) is 44.7 Å². The second-order valence-electron chi connectivity index (χ2n) is 4.76. The molecule has 2 unspecified atom stereocenters. The molecule has 0 radical (unpaired) electrons. The van der Waals surface area contributed by atoms with Crippen molar-refractivity contribution in [1.29, 1.82) is 0 Å². The number of alkyl halides is 2. The van der Waals surface area contributed by atoms with Crippen LogP contribution >= 0.6 is 0 Å². The monoisotopic (exact) mass is 218 g/mol. The van der Waals surface area contributed by atoms with Crippen LogP contribution in [0.4, 0.5) is 8.78 Å². The highest BCUT2D eigenvalue weighted by Crippen LogP contribution is 2.24. The van der Waals surface area contributed by atoms with E-state index in [0.717, 1.165) is 26.1 Å². The van der Waals surface area contributed by atoms with E-state index in [1.165, 1.54) is 19.3 Å². The Balaban J connectivity index is 1.80. The molecule has 2 heterocycles. The number of likely N-dealkylation sites (tertiary alicyclic amines) is 1. The third kappa shape index (κ3) is 3.11. The Bertz CT molecular complexity index is 193. The lowest BCUT2D eigenvalue weighted by molar-refractivity contribution is 0.0592. The second kappa shape index (κ2) is 5.21. The van der Waals surface area contributed by atoms with Crippen molar-refractivity contribution < 1.29 is 8.78 Å². The number of halogens is 2. The van der Waals surface area contributed by atoms with E-state index in [1.54, 1.807) is 0 Å². The van der Waals surface area contributed by atoms with E-state index in [0.29, 0.717) is 12.0 Å². The molecular weight excluding hydrogens is 198 g/mol. The van der Waals surface area contributed by atoms with Crippen LogP contribution < -0.4 is 5.32 Å². The standard InChI is InChI=1S/C11H20F2N2/c12-11(13)8-15-6-2-3-9(7-15)10-4-1-5-14-10/h9-11,14H,1-8H2. The van der Waals surface area contributed by atoms with Gasteiger partial charge in [0.05, 0.1) is 6.54 Å². The zero-order valence-corrected chi connectivity index (χ0v) is 9.09. The first-order valence-electron chi connectivity index (χ1n) is 5.99. The molecule has 0 bridgehead atoms. The number of piperidine rings is 1. The van der Waals surface area contributed by atoms with Crippen LogP contribution in [-0.2, 0) is 0 Å². The second-order valence-corrected chi connectivity index (χ2v) is 4.76. The molecule has 2 rings (SSSR count). The third-order valence-corrected chi connectivity index (χ3v) is 3.61. The summed E-state index contributed by atoms with van der Waals surface area (Å²) in [5.74, 6) is 0.597. The summed E-state index contributed by atoms with van der Waals surface area (Å²) in [5.41, 5.74) is 0. The number of rotatable bonds is 3. The summed E-state index contributed by atoms with van der Waals surface area (Å²) in [5, 5.41) is 3.49. The van der Waals surface area contributed by atoms with Crippen LogP contribution in [0, 0.1) is 5.92 Å². The van der Waals surface area contributed by atoms with Crippen LogP contribution in [0.5, 0.6) is 0 Å². The molecule has 0 aliphatic carbocycles. The van der Waals surface area contributed by atoms with E-state index in [-0.39, 0.29) is 6.54 Å². The fourth-order valence-electron chi connectivity index (χ4n) is 2.89. The Hall–Kier alpha value is -0.220. The zero-order chi connectivity index (χ0) is 10.7. The average Bonchev–Trinajstić information content (AvgIpc) is 2.69. The first kappa shape index (κ1) is 11.3. The lowest BCUT2D eigenvalue weighted by Gasteiger charge is -2.35. The third-order valence-electron chi connectivity index (χ3n) is 3.61. The minimum absolute atomic E-state index is 0.0385. The highest BCUT2D eigenvalue weighted by Gasteiger charge is 2.29. The molecule has 2 atom stereocenters. The predicted molar refractivity (Wildman–Crippen MR) is 56.2 cm³/mol. The first-order chi connectivity index (χ1) is 7.25. The van der Waals surface area contributed by atoms with E-state index in [4.69, 9.17) is 0 Å². The molecule has 2 nitrogen and oxygen atoms in total. The van der Waals surface area contributed by atoms with Crippen molar-refractivity contribution in [2.45, 2.75) is 38.2 Å². The Morgan fingerprint density at radius 2 is 2.13 bits per heavy atom. The van der Waals surface area contributed by atoms with Gasteiger partial charge in [0.15, 0.2) is 0 Å². The minimum atomic E-state index is -2.18. The summed E-state index contributed by atoms with van der Waals surface area (Å²) in [6.45, 7) is 2.79. The molecule has 0 amide bonds. The van der Waals surface area contributed by atoms with E-state index in [2.05, 4.69) is 5.32 Å². The van der Waals surface area contributed by atoms with Crippen molar-refractivity contribution in [3.8, 4) is 0 Å². The average molecular weight is 218 g/mol. The SMILES string of the molecule is FC(F)CN1CCCC(C2CCCN2)C1. The Morgan fingerprint density at radius 3 is 2.80 bits per heavy atom. The lowest BCUT2D eigenvalue weighted by Crippen LogP contribution is -2.44. The van der Waals surface area contributed by atoms with Gasteiger partial charge < -0.3 is 5.32 Å². The number of nitrogens with zero attached hydrogens (tertiary/aromatic N) is 1. The quantitative estimate of drug-likeness (QED) is 0.776. The van der Waals surface area contributed by atoms with Gasteiger partial charge in [0.25, 0.3) is 6.43 Å². The smallest absolute Gasteiger partial charge is 0.251 e. The molecule has 4 heteroatoms. The Labute approximate surface area is 90.0 Å². The maximum Gasteiger partial charge on any atom is 0.251 e. The van der Waals surface area contributed by atoms with Crippen LogP contribution in [0.2, 0.25) is 0 Å². The molecular formula is C11H20F2N2. The molecule has 2 saturated heterocycles. The van der Waals surface area contributed by atoms with Crippen LogP contribution in [0.15, 0.2) is 0 Å². The summed E-state index contributed by atoms with van der Waals surface area (Å²) >= 11 is 0. The van der Waals surface area contributed by atoms with Gasteiger partial charge in [-0.2, -0.15) is 0 Å². The summed E-state index contributed by atoms with van der Waals surface area (Å²) in [4.78, 5) is 1.93. The first-order valence-corrected chi connectivity index (χ1v) is 5.99. The molecule has 1 N–H and O–H groups in total. The minimum Gasteiger partial charge on any atom is -0.314 e. The fraction of sp³-hybridized carbons (Fsp3) is 1.00. The molecule has 15 heavy (non-hydrogen) atoms. The summed E-state index contributed by atoms with van der Waals surface area (Å²) in [7, 11) is 0. The van der Waals surface area contributed by atoms with Crippen molar-refractivity contribution >= 4 is 0 Å². The molecule has 2 aliphatic rings. The zero-order valence-electron chi connectivity index (χ0n) is 9.09. The molecule has 2 fully saturated rings. The van der Waals surface area contributed by atoms with Crippen molar-refractivity contribution in [2.24, 2.45) is 5.92 Å². The van der Waals surface area contributed by atoms with Crippen molar-refractivity contribution in [3.63, 3.8) is 0 Å². The highest BCUT2D eigenvalue weighted by atomic mass is 19.3. The van der Waals surface area contributed by atoms with Gasteiger partial charge in [0, 0.05) is 12.6 Å². The molecule has 0 aromatic heterocycles. The van der Waals surface area contributed by atoms with E-state index < -0.39 is 6.43 Å². The predicted octanol–water partition coefficient (Wildman–Crippen LogP) is 1.72. The van der Waals surface area contributed by atoms with Gasteiger partial charge >= 0.3 is 0 Å². The molecule has 88 valence electrons. The number of hydrogen-bond acceptors (Lipinski definition) is 2. The van der Waals surface area contributed by atoms with Crippen LogP contribution in [0.25, 0.3) is 0 Å². The number of nitrogens with one attached hydrogen (secondary N) is 1. The van der Waals surface area contributed by atoms with Gasteiger partial charge in [-0.15, -0.1) is 0 Å². The molecule has 0 aromatic rings. The van der Waals surface area contributed by atoms with Gasteiger partial charge in [-0.1, -0.05) is 0 Å². The van der Waals surface area contributed by atoms with Crippen molar-refractivity contribution in [3.05, 3.63) is 0 Å². The summed E-state index contributed by atoms with van der Waals surface area (Å²) in [6, 6.07) is 0.588. The van der Waals surface area contributed by atoms with Gasteiger partial charge in [0.2, 0.25) is 0 Å². The molecule has 2 aliphatic heterocycles. The topological polar surface area (TPSA) is 15.3 Å². The highest BCUT2D eigenvalue weighted by molar-refractivity contribution is 4.86. The summed E-state index contributed by atoms with van der Waals surface area (Å²) in [6.07, 6.45) is 2.58. The molecule has 0 spiro atoms. The fourth-order valence-corrected chi connectivity index (χ4v) is 2.89. The van der Waals surface area contributed by atoms with E-state index in [9.17, 15) is 8.78 Å². The van der Waals surface area contributed by atoms with E-state index >= 15 is 0 Å². The maximum absolute atomic E-state index is 12.3. The Morgan fingerprint density at radius 1 is 1.27 bits per heavy atom. The van der Waals surface area contributed by atoms with Crippen LogP contribution in [-0.4, -0.2) is 43.5 Å². The maximum atomic E-state index is 12.3.